The number of hydrogen-bond donors (Lipinski definition) is 0. The first-order chi connectivity index (χ1) is 7.11. The van der Waals surface area contributed by atoms with Gasteiger partial charge in [-0.25, -0.2) is 9.98 Å². The van der Waals surface area contributed by atoms with Gasteiger partial charge < -0.3 is 0 Å². The van der Waals surface area contributed by atoms with Crippen molar-refractivity contribution in [3.8, 4) is 0 Å². The van der Waals surface area contributed by atoms with E-state index >= 15 is 0 Å². The van der Waals surface area contributed by atoms with Crippen molar-refractivity contribution in [2.24, 2.45) is 20.9 Å². The maximum Gasteiger partial charge on any atom is 0.184 e. The first kappa shape index (κ1) is 10.3. The average Bonchev–Trinajstić information content (AvgIpc) is 2.56. The van der Waals surface area contributed by atoms with Crippen molar-refractivity contribution in [3.05, 3.63) is 11.6 Å². The molecular formula is C12H17N3. The summed E-state index contributed by atoms with van der Waals surface area (Å²) in [6, 6.07) is 0. The zero-order valence-electron chi connectivity index (χ0n) is 9.78. The topological polar surface area (TPSA) is 37.1 Å². The molecule has 0 aromatic heterocycles. The molecule has 2 heterocycles. The molecule has 0 aromatic rings. The Morgan fingerprint density at radius 3 is 2.67 bits per heavy atom. The zero-order valence-corrected chi connectivity index (χ0v) is 9.78. The van der Waals surface area contributed by atoms with Crippen molar-refractivity contribution in [3.63, 3.8) is 0 Å². The number of allylic oxidation sites excluding steroid dienone is 1. The van der Waals surface area contributed by atoms with Crippen LogP contribution in [0, 0.1) is 5.92 Å². The summed E-state index contributed by atoms with van der Waals surface area (Å²) < 4.78 is 0. The normalized spacial score (nSPS) is 24.5. The van der Waals surface area contributed by atoms with E-state index in [1.165, 1.54) is 5.57 Å². The smallest absolute Gasteiger partial charge is 0.184 e. The number of hydrogen-bond acceptors (Lipinski definition) is 3. The van der Waals surface area contributed by atoms with E-state index in [2.05, 4.69) is 41.8 Å². The van der Waals surface area contributed by atoms with Crippen LogP contribution in [0.4, 0.5) is 0 Å². The summed E-state index contributed by atoms with van der Waals surface area (Å²) >= 11 is 0. The highest BCUT2D eigenvalue weighted by atomic mass is 15.1. The molecule has 0 bridgehead atoms. The maximum absolute atomic E-state index is 4.61. The Kier molecular flexibility index (Phi) is 2.55. The van der Waals surface area contributed by atoms with E-state index in [0.29, 0.717) is 5.92 Å². The number of dihydropyridines is 1. The van der Waals surface area contributed by atoms with E-state index in [9.17, 15) is 0 Å². The van der Waals surface area contributed by atoms with Gasteiger partial charge in [0, 0.05) is 5.71 Å². The second-order valence-electron chi connectivity index (χ2n) is 4.28. The van der Waals surface area contributed by atoms with Gasteiger partial charge in [-0.3, -0.25) is 4.99 Å². The summed E-state index contributed by atoms with van der Waals surface area (Å²) in [5.74, 6) is 1.31. The molecule has 80 valence electrons. The number of fused-ring (bicyclic) bond motifs is 1. The van der Waals surface area contributed by atoms with Crippen LogP contribution in [0.1, 0.15) is 34.1 Å². The molecule has 15 heavy (non-hydrogen) atoms. The summed E-state index contributed by atoms with van der Waals surface area (Å²) in [4.78, 5) is 13.5. The predicted octanol–water partition coefficient (Wildman–Crippen LogP) is 2.63. The highest BCUT2D eigenvalue weighted by Crippen LogP contribution is 2.23. The molecule has 1 atom stereocenters. The van der Waals surface area contributed by atoms with Gasteiger partial charge in [-0.2, -0.15) is 0 Å². The van der Waals surface area contributed by atoms with Gasteiger partial charge >= 0.3 is 0 Å². The van der Waals surface area contributed by atoms with Crippen molar-refractivity contribution in [1.29, 1.82) is 0 Å². The molecule has 0 spiro atoms. The summed E-state index contributed by atoms with van der Waals surface area (Å²) in [5, 5.41) is 0. The van der Waals surface area contributed by atoms with Crippen LogP contribution in [0.5, 0.6) is 0 Å². The summed E-state index contributed by atoms with van der Waals surface area (Å²) in [5.41, 5.74) is 3.49. The molecule has 2 rings (SSSR count). The second kappa shape index (κ2) is 3.72. The Labute approximate surface area is 90.7 Å². The molecular weight excluding hydrogens is 186 g/mol. The van der Waals surface area contributed by atoms with Crippen LogP contribution in [-0.4, -0.2) is 23.4 Å². The van der Waals surface area contributed by atoms with Gasteiger partial charge in [0.1, 0.15) is 5.84 Å². The van der Waals surface area contributed by atoms with Crippen molar-refractivity contribution in [2.45, 2.75) is 40.3 Å². The van der Waals surface area contributed by atoms with Crippen LogP contribution in [0.2, 0.25) is 0 Å². The highest BCUT2D eigenvalue weighted by molar-refractivity contribution is 6.19. The lowest BCUT2D eigenvalue weighted by molar-refractivity contribution is 0.841. The number of rotatable bonds is 2. The van der Waals surface area contributed by atoms with E-state index in [1.807, 2.05) is 6.92 Å². The van der Waals surface area contributed by atoms with E-state index in [-0.39, 0.29) is 6.17 Å². The standard InChI is InChI=1S/C12H17N3/c1-5-9-6-10(7(2)3)15-12-11(9)13-8(4)14-12/h6-7,12H,5H2,1-4H3. The Morgan fingerprint density at radius 2 is 2.07 bits per heavy atom. The Morgan fingerprint density at radius 1 is 1.33 bits per heavy atom. The van der Waals surface area contributed by atoms with Crippen LogP contribution in [0.25, 0.3) is 0 Å². The van der Waals surface area contributed by atoms with Gasteiger partial charge in [-0.15, -0.1) is 0 Å². The van der Waals surface area contributed by atoms with Gasteiger partial charge in [-0.05, 0) is 30.9 Å². The third kappa shape index (κ3) is 1.78. The molecule has 0 saturated heterocycles. The molecule has 0 amide bonds. The van der Waals surface area contributed by atoms with Gasteiger partial charge in [0.25, 0.3) is 0 Å². The molecule has 3 heteroatoms. The lowest BCUT2D eigenvalue weighted by atomic mass is 9.96. The largest absolute Gasteiger partial charge is 0.256 e. The predicted molar refractivity (Wildman–Crippen MR) is 65.0 cm³/mol. The molecule has 1 unspecified atom stereocenters. The number of aliphatic imine (C=N–C) groups is 3. The van der Waals surface area contributed by atoms with Gasteiger partial charge in [0.15, 0.2) is 6.17 Å². The molecule has 0 aliphatic carbocycles. The SMILES string of the molecule is CCC1=CC(C(C)C)=NC2N=C(C)N=C12. The van der Waals surface area contributed by atoms with Crippen LogP contribution in [0.3, 0.4) is 0 Å². The third-order valence-corrected chi connectivity index (χ3v) is 2.73. The Balaban J connectivity index is 2.40. The van der Waals surface area contributed by atoms with Crippen molar-refractivity contribution < 1.29 is 0 Å². The molecule has 2 aliphatic rings. The quantitative estimate of drug-likeness (QED) is 0.661. The van der Waals surface area contributed by atoms with Gasteiger partial charge in [0.05, 0.1) is 5.71 Å². The Hall–Kier alpha value is -1.25. The molecule has 0 radical (unpaired) electrons. The second-order valence-corrected chi connectivity index (χ2v) is 4.28. The first-order valence-corrected chi connectivity index (χ1v) is 5.53. The van der Waals surface area contributed by atoms with Crippen molar-refractivity contribution in [1.82, 2.24) is 0 Å². The molecule has 0 fully saturated rings. The summed E-state index contributed by atoms with van der Waals surface area (Å²) in [7, 11) is 0. The first-order valence-electron chi connectivity index (χ1n) is 5.53. The van der Waals surface area contributed by atoms with Crippen LogP contribution < -0.4 is 0 Å². The monoisotopic (exact) mass is 203 g/mol. The molecule has 0 aromatic carbocycles. The van der Waals surface area contributed by atoms with Crippen LogP contribution >= 0.6 is 0 Å². The molecule has 0 N–H and O–H groups in total. The fourth-order valence-corrected chi connectivity index (χ4v) is 1.86. The van der Waals surface area contributed by atoms with Gasteiger partial charge in [-0.1, -0.05) is 20.8 Å². The van der Waals surface area contributed by atoms with E-state index in [1.54, 1.807) is 0 Å². The molecule has 2 aliphatic heterocycles. The maximum atomic E-state index is 4.61. The lowest BCUT2D eigenvalue weighted by Crippen LogP contribution is -2.24. The van der Waals surface area contributed by atoms with Crippen LogP contribution in [-0.2, 0) is 0 Å². The fraction of sp³-hybridized carbons (Fsp3) is 0.583. The van der Waals surface area contributed by atoms with Crippen molar-refractivity contribution in [2.75, 3.05) is 0 Å². The van der Waals surface area contributed by atoms with E-state index in [4.69, 9.17) is 0 Å². The minimum absolute atomic E-state index is 0.0534. The third-order valence-electron chi connectivity index (χ3n) is 2.73. The van der Waals surface area contributed by atoms with Crippen molar-refractivity contribution >= 4 is 17.3 Å². The zero-order chi connectivity index (χ0) is 11.0. The molecule has 0 saturated carbocycles. The van der Waals surface area contributed by atoms with Gasteiger partial charge in [0.2, 0.25) is 0 Å². The average molecular weight is 203 g/mol. The minimum atomic E-state index is -0.0534. The summed E-state index contributed by atoms with van der Waals surface area (Å²) in [6.45, 7) is 8.41. The fourth-order valence-electron chi connectivity index (χ4n) is 1.86. The molecule has 3 nitrogen and oxygen atoms in total. The highest BCUT2D eigenvalue weighted by Gasteiger charge is 2.27. The summed E-state index contributed by atoms with van der Waals surface area (Å²) in [6.07, 6.45) is 3.13. The van der Waals surface area contributed by atoms with E-state index in [0.717, 1.165) is 23.7 Å². The Bertz CT molecular complexity index is 397. The van der Waals surface area contributed by atoms with Crippen LogP contribution in [0.15, 0.2) is 26.6 Å². The lowest BCUT2D eigenvalue weighted by Gasteiger charge is -2.18. The van der Waals surface area contributed by atoms with E-state index < -0.39 is 0 Å². The minimum Gasteiger partial charge on any atom is -0.256 e. The number of nitrogens with zero attached hydrogens (tertiary/aromatic N) is 3. The number of amidine groups is 1.